The van der Waals surface area contributed by atoms with Crippen LogP contribution in [-0.4, -0.2) is 84.0 Å². The van der Waals surface area contributed by atoms with Gasteiger partial charge in [-0.3, -0.25) is 19.3 Å². The summed E-state index contributed by atoms with van der Waals surface area (Å²) in [6, 6.07) is 6.06. The van der Waals surface area contributed by atoms with Gasteiger partial charge in [-0.1, -0.05) is 55.5 Å². The number of hydrogen-bond acceptors (Lipinski definition) is 11. The Morgan fingerprint density at radius 2 is 2.02 bits per heavy atom. The zero-order chi connectivity index (χ0) is 32.1. The molecule has 3 unspecified atom stereocenters. The fraction of sp³-hybridized carbons (Fsp3) is 0.433. The molecule has 2 amide bonds. The number of nitrogens with one attached hydrogen (secondary N) is 1. The van der Waals surface area contributed by atoms with Crippen molar-refractivity contribution in [2.45, 2.75) is 49.4 Å². The third-order valence-electron chi connectivity index (χ3n) is 7.70. The highest BCUT2D eigenvalue weighted by Gasteiger charge is 2.55. The number of esters is 1. The standard InChI is InChI=1S/C30H34N6O7S2/c1-4-6-17-7-5-8-19(13-17)22(29(41)43-14-18-9-11-21(42-3)12-10-18)25(37)31-23-26(38)36-24(28(39)40)20(15-44-27(23)36)16-45-30-32-33-34-35(30)2/h5,7,9-13,17,22-23,27H,4,6,8,14-16H2,1-3H3,(H,31,37)(H,39,40)/t17?,22?,23?,27-/m0/s1. The van der Waals surface area contributed by atoms with Gasteiger partial charge in [-0.15, -0.1) is 16.9 Å². The van der Waals surface area contributed by atoms with Gasteiger partial charge in [-0.2, -0.15) is 0 Å². The fourth-order valence-electron chi connectivity index (χ4n) is 5.42. The number of hydrogen-bond donors (Lipinski definition) is 2. The zero-order valence-electron chi connectivity index (χ0n) is 25.0. The zero-order valence-corrected chi connectivity index (χ0v) is 26.7. The predicted molar refractivity (Wildman–Crippen MR) is 166 cm³/mol. The molecule has 13 nitrogen and oxygen atoms in total. The van der Waals surface area contributed by atoms with E-state index in [9.17, 15) is 24.3 Å². The Morgan fingerprint density at radius 3 is 2.69 bits per heavy atom. The van der Waals surface area contributed by atoms with E-state index < -0.39 is 41.1 Å². The van der Waals surface area contributed by atoms with Crippen molar-refractivity contribution in [3.05, 3.63) is 64.9 Å². The summed E-state index contributed by atoms with van der Waals surface area (Å²) in [6.07, 6.45) is 8.13. The number of fused-ring (bicyclic) bond motifs is 1. The molecule has 0 spiro atoms. The van der Waals surface area contributed by atoms with E-state index in [2.05, 4.69) is 33.8 Å². The largest absolute Gasteiger partial charge is 0.497 e. The molecule has 2 N–H and O–H groups in total. The molecule has 0 bridgehead atoms. The SMILES string of the molecule is CCCC1C=CCC(C(C(=O)NC2C(=O)N3C(C(=O)O)=C(CSc4nnnn4C)CS[C@@H]23)C(=O)OCc2ccc(OC)cc2)=C1. The van der Waals surface area contributed by atoms with Crippen LogP contribution in [0.3, 0.4) is 0 Å². The minimum absolute atomic E-state index is 0.0410. The maximum atomic E-state index is 13.8. The van der Waals surface area contributed by atoms with Crippen LogP contribution in [0.5, 0.6) is 5.75 Å². The van der Waals surface area contributed by atoms with Crippen LogP contribution in [0.1, 0.15) is 31.7 Å². The number of benzene rings is 1. The van der Waals surface area contributed by atoms with Crippen molar-refractivity contribution in [3.63, 3.8) is 0 Å². The van der Waals surface area contributed by atoms with E-state index in [1.165, 1.54) is 33.1 Å². The van der Waals surface area contributed by atoms with Crippen LogP contribution >= 0.6 is 23.5 Å². The highest BCUT2D eigenvalue weighted by atomic mass is 32.2. The molecule has 1 fully saturated rings. The van der Waals surface area contributed by atoms with Crippen molar-refractivity contribution < 1.29 is 33.8 Å². The topological polar surface area (TPSA) is 166 Å². The lowest BCUT2D eigenvalue weighted by Crippen LogP contribution is -2.71. The Bertz CT molecular complexity index is 1550. The van der Waals surface area contributed by atoms with Crippen LogP contribution < -0.4 is 10.1 Å². The number of aliphatic carboxylic acids is 1. The van der Waals surface area contributed by atoms with Crippen LogP contribution in [0.15, 0.2) is 64.5 Å². The molecular formula is C30H34N6O7S2. The molecule has 1 aromatic heterocycles. The van der Waals surface area contributed by atoms with Crippen molar-refractivity contribution in [2.75, 3.05) is 18.6 Å². The number of aromatic nitrogens is 4. The summed E-state index contributed by atoms with van der Waals surface area (Å²) in [4.78, 5) is 54.1. The van der Waals surface area contributed by atoms with Gasteiger partial charge in [-0.05, 0) is 58.0 Å². The average molecular weight is 655 g/mol. The van der Waals surface area contributed by atoms with Crippen LogP contribution in [0, 0.1) is 11.8 Å². The normalized spacial score (nSPS) is 21.4. The highest BCUT2D eigenvalue weighted by Crippen LogP contribution is 2.42. The van der Waals surface area contributed by atoms with E-state index in [0.29, 0.717) is 34.2 Å². The van der Waals surface area contributed by atoms with E-state index in [4.69, 9.17) is 9.47 Å². The van der Waals surface area contributed by atoms with Gasteiger partial charge in [0.1, 0.15) is 29.5 Å². The van der Waals surface area contributed by atoms with Crippen molar-refractivity contribution in [2.24, 2.45) is 18.9 Å². The number of aryl methyl sites for hydroxylation is 1. The summed E-state index contributed by atoms with van der Waals surface area (Å²) in [5.74, 6) is -3.05. The number of allylic oxidation sites excluding steroid dienone is 3. The molecule has 0 saturated carbocycles. The van der Waals surface area contributed by atoms with Crippen molar-refractivity contribution in [1.82, 2.24) is 30.4 Å². The summed E-state index contributed by atoms with van der Waals surface area (Å²) < 4.78 is 12.3. The third-order valence-corrected chi connectivity index (χ3v) is 10.1. The summed E-state index contributed by atoms with van der Waals surface area (Å²) in [5, 5.41) is 23.9. The highest BCUT2D eigenvalue weighted by molar-refractivity contribution is 8.01. The number of β-lactam (4-membered cyclic amide) rings is 1. The van der Waals surface area contributed by atoms with Gasteiger partial charge in [0.25, 0.3) is 5.91 Å². The van der Waals surface area contributed by atoms with Crippen LogP contribution in [0.2, 0.25) is 0 Å². The number of tetrazole rings is 1. The van der Waals surface area contributed by atoms with E-state index >= 15 is 0 Å². The van der Waals surface area contributed by atoms with Gasteiger partial charge in [-0.25, -0.2) is 9.48 Å². The van der Waals surface area contributed by atoms with Gasteiger partial charge >= 0.3 is 11.9 Å². The molecule has 15 heteroatoms. The number of carbonyl (C=O) groups is 4. The number of thioether (sulfide) groups is 2. The lowest BCUT2D eigenvalue weighted by Gasteiger charge is -2.49. The molecule has 5 rings (SSSR count). The Labute approximate surface area is 268 Å². The Morgan fingerprint density at radius 1 is 1.24 bits per heavy atom. The Hall–Kier alpha value is -4.11. The summed E-state index contributed by atoms with van der Waals surface area (Å²) in [6.45, 7) is 2.02. The molecule has 238 valence electrons. The first-order valence-electron chi connectivity index (χ1n) is 14.4. The molecule has 1 aliphatic carbocycles. The van der Waals surface area contributed by atoms with Gasteiger partial charge in [0.15, 0.2) is 5.92 Å². The minimum atomic E-state index is -1.26. The van der Waals surface area contributed by atoms with Gasteiger partial charge in [0.05, 0.1) is 7.11 Å². The summed E-state index contributed by atoms with van der Waals surface area (Å²) >= 11 is 2.62. The molecule has 2 aliphatic heterocycles. The number of amides is 2. The van der Waals surface area contributed by atoms with E-state index in [0.717, 1.165) is 18.4 Å². The molecule has 3 aliphatic rings. The van der Waals surface area contributed by atoms with Gasteiger partial charge in [0, 0.05) is 18.6 Å². The number of carboxylic acid groups (broad SMARTS) is 1. The van der Waals surface area contributed by atoms with E-state index in [1.807, 2.05) is 12.2 Å². The number of rotatable bonds is 13. The summed E-state index contributed by atoms with van der Waals surface area (Å²) in [5.41, 5.74) is 1.79. The molecule has 3 heterocycles. The van der Waals surface area contributed by atoms with Gasteiger partial charge < -0.3 is 19.9 Å². The maximum absolute atomic E-state index is 13.8. The minimum Gasteiger partial charge on any atom is -0.497 e. The molecule has 1 aromatic carbocycles. The van der Waals surface area contributed by atoms with E-state index in [-0.39, 0.29) is 24.0 Å². The number of carboxylic acids is 1. The molecule has 4 atom stereocenters. The molecule has 0 radical (unpaired) electrons. The lowest BCUT2D eigenvalue weighted by molar-refractivity contribution is -0.155. The van der Waals surface area contributed by atoms with Gasteiger partial charge in [0.2, 0.25) is 11.1 Å². The molecule has 1 saturated heterocycles. The van der Waals surface area contributed by atoms with Crippen LogP contribution in [-0.2, 0) is 37.6 Å². The molecule has 2 aromatic rings. The second-order valence-corrected chi connectivity index (χ2v) is 12.8. The van der Waals surface area contributed by atoms with Crippen molar-refractivity contribution in [1.29, 1.82) is 0 Å². The first-order valence-corrected chi connectivity index (χ1v) is 16.5. The second-order valence-electron chi connectivity index (χ2n) is 10.7. The molecule has 45 heavy (non-hydrogen) atoms. The quantitative estimate of drug-likeness (QED) is 0.107. The number of ether oxygens (including phenoxy) is 2. The lowest BCUT2D eigenvalue weighted by atomic mass is 9.86. The summed E-state index contributed by atoms with van der Waals surface area (Å²) in [7, 11) is 3.24. The van der Waals surface area contributed by atoms with E-state index in [1.54, 1.807) is 38.4 Å². The smallest absolute Gasteiger partial charge is 0.352 e. The fourth-order valence-corrected chi connectivity index (χ4v) is 7.75. The predicted octanol–water partition coefficient (Wildman–Crippen LogP) is 2.71. The third kappa shape index (κ3) is 7.09. The van der Waals surface area contributed by atoms with Crippen molar-refractivity contribution >= 4 is 47.3 Å². The number of carbonyl (C=O) groups excluding carboxylic acids is 3. The van der Waals surface area contributed by atoms with Crippen molar-refractivity contribution in [3.8, 4) is 5.75 Å². The maximum Gasteiger partial charge on any atom is 0.352 e. The monoisotopic (exact) mass is 654 g/mol. The second kappa shape index (κ2) is 14.3. The average Bonchev–Trinajstić information content (AvgIpc) is 3.46. The first-order chi connectivity index (χ1) is 21.7. The molecular weight excluding hydrogens is 620 g/mol. The Balaban J connectivity index is 1.31. The van der Waals surface area contributed by atoms with Crippen LogP contribution in [0.4, 0.5) is 0 Å². The number of nitrogens with zero attached hydrogens (tertiary/aromatic N) is 5. The Kier molecular flexibility index (Phi) is 10.3. The first kappa shape index (κ1) is 32.3. The number of methoxy groups -OCH3 is 1. The van der Waals surface area contributed by atoms with Crippen LogP contribution in [0.25, 0.3) is 0 Å².